The van der Waals surface area contributed by atoms with Gasteiger partial charge in [0.05, 0.1) is 10.9 Å². The maximum atomic E-state index is 13.9. The molecule has 2 fully saturated rings. The van der Waals surface area contributed by atoms with Gasteiger partial charge in [0.2, 0.25) is 5.91 Å². The Morgan fingerprint density at radius 2 is 1.90 bits per heavy atom. The minimum Gasteiger partial charge on any atom is -0.370 e. The molecule has 2 heterocycles. The topological polar surface area (TPSA) is 93.2 Å². The second-order valence-electron chi connectivity index (χ2n) is 10.1. The Morgan fingerprint density at radius 1 is 1.16 bits per heavy atom. The van der Waals surface area contributed by atoms with Crippen LogP contribution in [0.2, 0.25) is 0 Å². The first kappa shape index (κ1) is 21.8. The number of hydrogen-bond acceptors (Lipinski definition) is 5. The number of fused-ring (bicyclic) bond motifs is 1. The molecule has 2 aliphatic rings. The van der Waals surface area contributed by atoms with Crippen LogP contribution in [0.25, 0.3) is 10.9 Å². The summed E-state index contributed by atoms with van der Waals surface area (Å²) < 4.78 is 1.63. The Bertz CT molecular complexity index is 1010. The summed E-state index contributed by atoms with van der Waals surface area (Å²) in [5.41, 5.74) is 6.95. The molecule has 1 aromatic heterocycles. The normalized spacial score (nSPS) is 19.5. The summed E-state index contributed by atoms with van der Waals surface area (Å²) in [5.74, 6) is 0.433. The van der Waals surface area contributed by atoms with E-state index in [-0.39, 0.29) is 11.5 Å². The van der Waals surface area contributed by atoms with E-state index in [0.29, 0.717) is 10.9 Å². The molecule has 168 valence electrons. The van der Waals surface area contributed by atoms with Crippen molar-refractivity contribution in [3.8, 4) is 0 Å². The maximum Gasteiger partial charge on any atom is 0.262 e. The van der Waals surface area contributed by atoms with E-state index in [9.17, 15) is 9.59 Å². The molecule has 1 aromatic carbocycles. The first-order valence-electron chi connectivity index (χ1n) is 11.6. The number of amides is 1. The van der Waals surface area contributed by atoms with Gasteiger partial charge in [0.25, 0.3) is 5.56 Å². The molecule has 31 heavy (non-hydrogen) atoms. The first-order chi connectivity index (χ1) is 14.8. The second kappa shape index (κ2) is 8.61. The van der Waals surface area contributed by atoms with Crippen LogP contribution >= 0.6 is 0 Å². The molecule has 0 spiro atoms. The van der Waals surface area contributed by atoms with E-state index >= 15 is 0 Å². The molecule has 1 aliphatic carbocycles. The number of rotatable bonds is 4. The molecule has 0 radical (unpaired) electrons. The van der Waals surface area contributed by atoms with Crippen LogP contribution in [0, 0.1) is 5.41 Å². The predicted molar refractivity (Wildman–Crippen MR) is 125 cm³/mol. The van der Waals surface area contributed by atoms with Crippen molar-refractivity contribution in [3.05, 3.63) is 34.4 Å². The molecule has 1 amide bonds. The number of aromatic nitrogens is 2. The number of carbonyl (C=O) groups excluding carboxylic acids is 1. The molecule has 1 saturated carbocycles. The van der Waals surface area contributed by atoms with Gasteiger partial charge < -0.3 is 16.0 Å². The lowest BCUT2D eigenvalue weighted by Crippen LogP contribution is -2.43. The van der Waals surface area contributed by atoms with Crippen molar-refractivity contribution in [2.24, 2.45) is 11.1 Å². The van der Waals surface area contributed by atoms with Crippen molar-refractivity contribution in [1.29, 1.82) is 0 Å². The third kappa shape index (κ3) is 4.33. The molecule has 1 saturated heterocycles. The highest BCUT2D eigenvalue weighted by atomic mass is 16.2. The quantitative estimate of drug-likeness (QED) is 0.786. The van der Waals surface area contributed by atoms with Gasteiger partial charge in [0, 0.05) is 31.2 Å². The summed E-state index contributed by atoms with van der Waals surface area (Å²) >= 11 is 0. The molecular formula is C24H35N5O2. The predicted octanol–water partition coefficient (Wildman–Crippen LogP) is 2.93. The summed E-state index contributed by atoms with van der Waals surface area (Å²) in [6.07, 6.45) is 5.29. The summed E-state index contributed by atoms with van der Waals surface area (Å²) in [4.78, 5) is 33.7. The third-order valence-corrected chi connectivity index (χ3v) is 6.68. The van der Waals surface area contributed by atoms with Gasteiger partial charge in [-0.15, -0.1) is 0 Å². The molecule has 1 atom stereocenters. The summed E-state index contributed by atoms with van der Waals surface area (Å²) in [6.45, 7) is 9.66. The highest BCUT2D eigenvalue weighted by Crippen LogP contribution is 2.37. The van der Waals surface area contributed by atoms with Gasteiger partial charge >= 0.3 is 0 Å². The Morgan fingerprint density at radius 3 is 2.58 bits per heavy atom. The van der Waals surface area contributed by atoms with E-state index in [1.54, 1.807) is 4.57 Å². The lowest BCUT2D eigenvalue weighted by Gasteiger charge is -2.32. The number of hydrogen-bond donors (Lipinski definition) is 2. The maximum absolute atomic E-state index is 13.9. The van der Waals surface area contributed by atoms with E-state index < -0.39 is 17.4 Å². The smallest absolute Gasteiger partial charge is 0.262 e. The van der Waals surface area contributed by atoms with Crippen LogP contribution in [-0.2, 0) is 4.79 Å². The van der Waals surface area contributed by atoms with E-state index in [2.05, 4.69) is 16.3 Å². The number of anilines is 1. The minimum atomic E-state index is -0.737. The summed E-state index contributed by atoms with van der Waals surface area (Å²) in [6, 6.07) is 5.24. The van der Waals surface area contributed by atoms with E-state index in [0.717, 1.165) is 69.8 Å². The fourth-order valence-electron chi connectivity index (χ4n) is 5.17. The van der Waals surface area contributed by atoms with Gasteiger partial charge in [0.1, 0.15) is 11.9 Å². The van der Waals surface area contributed by atoms with Crippen LogP contribution in [0.5, 0.6) is 0 Å². The van der Waals surface area contributed by atoms with Gasteiger partial charge in [-0.1, -0.05) is 33.6 Å². The zero-order valence-corrected chi connectivity index (χ0v) is 19.0. The molecule has 3 N–H and O–H groups in total. The van der Waals surface area contributed by atoms with Gasteiger partial charge in [-0.25, -0.2) is 4.98 Å². The fraction of sp³-hybridized carbons (Fsp3) is 0.625. The number of nitrogens with one attached hydrogen (secondary N) is 1. The van der Waals surface area contributed by atoms with Crippen molar-refractivity contribution in [3.63, 3.8) is 0 Å². The minimum absolute atomic E-state index is 0.152. The average Bonchev–Trinajstić information content (AvgIpc) is 3.10. The Labute approximate surface area is 184 Å². The number of nitrogens with zero attached hydrogens (tertiary/aromatic N) is 3. The Hall–Kier alpha value is -2.41. The highest BCUT2D eigenvalue weighted by Gasteiger charge is 2.36. The molecule has 7 heteroatoms. The number of benzene rings is 1. The molecular weight excluding hydrogens is 390 g/mol. The van der Waals surface area contributed by atoms with Crippen LogP contribution in [0.3, 0.4) is 0 Å². The number of carbonyl (C=O) groups is 1. The standard InChI is InChI=1S/C24H35N5O2/c1-24(2,3)20(21(25)30)29-22(16-7-4-5-8-16)27-19-10-9-17(15-18(19)23(29)31)28-13-6-11-26-12-14-28/h9-10,15-16,20,26H,4-8,11-14H2,1-3H3,(H2,25,30). The van der Waals surface area contributed by atoms with Crippen LogP contribution in [0.1, 0.15) is 70.7 Å². The van der Waals surface area contributed by atoms with E-state index in [1.807, 2.05) is 32.9 Å². The molecule has 1 aliphatic heterocycles. The second-order valence-corrected chi connectivity index (χ2v) is 10.1. The zero-order chi connectivity index (χ0) is 22.2. The largest absolute Gasteiger partial charge is 0.370 e. The van der Waals surface area contributed by atoms with Crippen LogP contribution < -0.4 is 21.5 Å². The molecule has 4 rings (SSSR count). The zero-order valence-electron chi connectivity index (χ0n) is 19.0. The van der Waals surface area contributed by atoms with Crippen LogP contribution in [0.15, 0.2) is 23.0 Å². The number of nitrogens with two attached hydrogens (primary N) is 1. The fourth-order valence-corrected chi connectivity index (χ4v) is 5.17. The molecule has 1 unspecified atom stereocenters. The van der Waals surface area contributed by atoms with Gasteiger partial charge in [-0.3, -0.25) is 14.2 Å². The average molecular weight is 426 g/mol. The first-order valence-corrected chi connectivity index (χ1v) is 11.6. The number of primary amides is 1. The van der Waals surface area contributed by atoms with Crippen LogP contribution in [-0.4, -0.2) is 41.6 Å². The van der Waals surface area contributed by atoms with Crippen molar-refractivity contribution < 1.29 is 4.79 Å². The van der Waals surface area contributed by atoms with Gasteiger partial charge in [-0.05, 0) is 49.4 Å². The lowest BCUT2D eigenvalue weighted by molar-refractivity contribution is -0.124. The molecule has 2 aromatic rings. The van der Waals surface area contributed by atoms with E-state index in [1.165, 1.54) is 0 Å². The summed E-state index contributed by atoms with van der Waals surface area (Å²) in [5, 5.41) is 3.98. The van der Waals surface area contributed by atoms with E-state index in [4.69, 9.17) is 10.7 Å². The summed E-state index contributed by atoms with van der Waals surface area (Å²) in [7, 11) is 0. The highest BCUT2D eigenvalue weighted by molar-refractivity contribution is 5.83. The van der Waals surface area contributed by atoms with Gasteiger partial charge in [-0.2, -0.15) is 0 Å². The van der Waals surface area contributed by atoms with Gasteiger partial charge in [0.15, 0.2) is 0 Å². The SMILES string of the molecule is CC(C)(C)C(C(N)=O)n1c(C2CCCC2)nc2ccc(N3CCCNCC3)cc2c1=O. The van der Waals surface area contributed by atoms with Crippen molar-refractivity contribution in [2.45, 2.75) is 64.8 Å². The molecule has 0 bridgehead atoms. The Kier molecular flexibility index (Phi) is 6.06. The van der Waals surface area contributed by atoms with Crippen molar-refractivity contribution in [1.82, 2.24) is 14.9 Å². The van der Waals surface area contributed by atoms with Crippen molar-refractivity contribution >= 4 is 22.5 Å². The Balaban J connectivity index is 1.91. The monoisotopic (exact) mass is 425 g/mol. The van der Waals surface area contributed by atoms with Crippen LogP contribution in [0.4, 0.5) is 5.69 Å². The van der Waals surface area contributed by atoms with Crippen molar-refractivity contribution in [2.75, 3.05) is 31.1 Å². The molecule has 7 nitrogen and oxygen atoms in total. The third-order valence-electron chi connectivity index (χ3n) is 6.68. The lowest BCUT2D eigenvalue weighted by atomic mass is 9.85.